The number of hydrogen-bond acceptors (Lipinski definition) is 3. The molecule has 0 spiro atoms. The Balaban J connectivity index is 1.79. The van der Waals surface area contributed by atoms with Crippen LogP contribution in [0.1, 0.15) is 17.5 Å². The van der Waals surface area contributed by atoms with Gasteiger partial charge < -0.3 is 15.5 Å². The first-order valence-electron chi connectivity index (χ1n) is 6.89. The lowest BCUT2D eigenvalue weighted by Gasteiger charge is -2.31. The summed E-state index contributed by atoms with van der Waals surface area (Å²) in [4.78, 5) is 2.40. The van der Waals surface area contributed by atoms with Crippen molar-refractivity contribution in [2.24, 2.45) is 0 Å². The zero-order valence-corrected chi connectivity index (χ0v) is 11.8. The first-order chi connectivity index (χ1) is 8.66. The monoisotopic (exact) mass is 247 g/mol. The summed E-state index contributed by atoms with van der Waals surface area (Å²) in [5.41, 5.74) is 4.00. The lowest BCUT2D eigenvalue weighted by atomic mass is 10.1. The molecule has 1 unspecified atom stereocenters. The van der Waals surface area contributed by atoms with Crippen LogP contribution in [-0.4, -0.2) is 44.2 Å². The minimum absolute atomic E-state index is 0.626. The molecule has 1 atom stereocenters. The molecule has 1 saturated heterocycles. The maximum absolute atomic E-state index is 3.58. The van der Waals surface area contributed by atoms with Crippen LogP contribution in [0.2, 0.25) is 0 Å². The van der Waals surface area contributed by atoms with Gasteiger partial charge in [-0.25, -0.2) is 0 Å². The Hall–Kier alpha value is -1.06. The van der Waals surface area contributed by atoms with Gasteiger partial charge in [0.05, 0.1) is 0 Å². The van der Waals surface area contributed by atoms with E-state index in [0.29, 0.717) is 6.04 Å². The van der Waals surface area contributed by atoms with Crippen molar-refractivity contribution in [3.05, 3.63) is 29.3 Å². The first-order valence-corrected chi connectivity index (χ1v) is 6.89. The number of likely N-dealkylation sites (N-methyl/N-ethyl adjacent to an activating group) is 1. The molecule has 1 heterocycles. The van der Waals surface area contributed by atoms with Gasteiger partial charge >= 0.3 is 0 Å². The van der Waals surface area contributed by atoms with Crippen LogP contribution in [-0.2, 0) is 0 Å². The van der Waals surface area contributed by atoms with Crippen LogP contribution in [0.3, 0.4) is 0 Å². The Morgan fingerprint density at radius 2 is 2.22 bits per heavy atom. The molecule has 0 radical (unpaired) electrons. The molecule has 3 nitrogen and oxygen atoms in total. The molecule has 0 amide bonds. The molecule has 0 bridgehead atoms. The summed E-state index contributed by atoms with van der Waals surface area (Å²) in [5, 5.41) is 7.14. The molecule has 18 heavy (non-hydrogen) atoms. The van der Waals surface area contributed by atoms with Gasteiger partial charge in [0.25, 0.3) is 0 Å². The first kappa shape index (κ1) is 13.4. The van der Waals surface area contributed by atoms with Crippen LogP contribution in [0.25, 0.3) is 0 Å². The quantitative estimate of drug-likeness (QED) is 0.852. The zero-order valence-electron chi connectivity index (χ0n) is 11.8. The number of nitrogens with zero attached hydrogens (tertiary/aromatic N) is 1. The Bertz CT molecular complexity index is 389. The average molecular weight is 247 g/mol. The fourth-order valence-corrected chi connectivity index (χ4v) is 2.51. The normalized spacial score (nSPS) is 20.9. The highest BCUT2D eigenvalue weighted by molar-refractivity contribution is 5.53. The van der Waals surface area contributed by atoms with Gasteiger partial charge in [-0.3, -0.25) is 0 Å². The van der Waals surface area contributed by atoms with Crippen molar-refractivity contribution in [2.45, 2.75) is 26.3 Å². The maximum atomic E-state index is 3.58. The summed E-state index contributed by atoms with van der Waals surface area (Å²) in [6, 6.07) is 7.08. The Morgan fingerprint density at radius 1 is 1.39 bits per heavy atom. The summed E-state index contributed by atoms with van der Waals surface area (Å²) in [6.07, 6.45) is 1.18. The van der Waals surface area contributed by atoms with Crippen molar-refractivity contribution >= 4 is 5.69 Å². The van der Waals surface area contributed by atoms with E-state index >= 15 is 0 Å². The van der Waals surface area contributed by atoms with Gasteiger partial charge in [0.1, 0.15) is 0 Å². The molecule has 2 N–H and O–H groups in total. The third-order valence-electron chi connectivity index (χ3n) is 3.87. The smallest absolute Gasteiger partial charge is 0.0372 e. The third kappa shape index (κ3) is 3.47. The van der Waals surface area contributed by atoms with Gasteiger partial charge in [-0.1, -0.05) is 12.1 Å². The van der Waals surface area contributed by atoms with E-state index < -0.39 is 0 Å². The molecule has 3 heteroatoms. The lowest BCUT2D eigenvalue weighted by Crippen LogP contribution is -2.49. The van der Waals surface area contributed by atoms with Crippen molar-refractivity contribution in [3.63, 3.8) is 0 Å². The number of aryl methyl sites for hydroxylation is 1. The highest BCUT2D eigenvalue weighted by Crippen LogP contribution is 2.17. The van der Waals surface area contributed by atoms with Crippen molar-refractivity contribution in [1.29, 1.82) is 0 Å². The molecular weight excluding hydrogens is 222 g/mol. The number of benzene rings is 1. The predicted molar refractivity (Wildman–Crippen MR) is 78.3 cm³/mol. The number of piperazine rings is 1. The number of anilines is 1. The molecule has 2 rings (SSSR count). The number of rotatable bonds is 4. The number of hydrogen-bond donors (Lipinski definition) is 2. The highest BCUT2D eigenvalue weighted by atomic mass is 15.2. The largest absolute Gasteiger partial charge is 0.385 e. The molecule has 100 valence electrons. The Labute approximate surface area is 111 Å². The van der Waals surface area contributed by atoms with E-state index in [4.69, 9.17) is 0 Å². The van der Waals surface area contributed by atoms with Gasteiger partial charge in [-0.15, -0.1) is 0 Å². The fraction of sp³-hybridized carbons (Fsp3) is 0.600. The number of nitrogens with one attached hydrogen (secondary N) is 2. The van der Waals surface area contributed by atoms with Crippen molar-refractivity contribution in [2.75, 3.05) is 38.5 Å². The van der Waals surface area contributed by atoms with Gasteiger partial charge in [-0.2, -0.15) is 0 Å². The summed E-state index contributed by atoms with van der Waals surface area (Å²) < 4.78 is 0. The van der Waals surface area contributed by atoms with Gasteiger partial charge in [0.2, 0.25) is 0 Å². The molecule has 1 aromatic carbocycles. The standard InChI is InChI=1S/C15H25N3/c1-12-5-4-6-15(13(12)2)17-8-7-14-11-18(3)10-9-16-14/h4-6,14,16-17H,7-11H2,1-3H3. The summed E-state index contributed by atoms with van der Waals surface area (Å²) >= 11 is 0. The third-order valence-corrected chi connectivity index (χ3v) is 3.87. The second-order valence-corrected chi connectivity index (χ2v) is 5.38. The molecule has 1 aliphatic heterocycles. The Morgan fingerprint density at radius 3 is 3.00 bits per heavy atom. The minimum atomic E-state index is 0.626. The van der Waals surface area contributed by atoms with Gasteiger partial charge in [0, 0.05) is 37.9 Å². The van der Waals surface area contributed by atoms with Crippen LogP contribution in [0.15, 0.2) is 18.2 Å². The predicted octanol–water partition coefficient (Wildman–Crippen LogP) is 2.01. The maximum Gasteiger partial charge on any atom is 0.0372 e. The average Bonchev–Trinajstić information content (AvgIpc) is 2.35. The Kier molecular flexibility index (Phi) is 4.61. The molecular formula is C15H25N3. The van der Waals surface area contributed by atoms with E-state index in [1.54, 1.807) is 0 Å². The van der Waals surface area contributed by atoms with Crippen molar-refractivity contribution < 1.29 is 0 Å². The van der Waals surface area contributed by atoms with Gasteiger partial charge in [-0.05, 0) is 44.5 Å². The molecule has 1 fully saturated rings. The molecule has 0 saturated carbocycles. The second kappa shape index (κ2) is 6.21. The van der Waals surface area contributed by atoms with Crippen LogP contribution >= 0.6 is 0 Å². The van der Waals surface area contributed by atoms with Crippen LogP contribution in [0, 0.1) is 13.8 Å². The summed E-state index contributed by atoms with van der Waals surface area (Å²) in [7, 11) is 2.20. The fourth-order valence-electron chi connectivity index (χ4n) is 2.51. The summed E-state index contributed by atoms with van der Waals surface area (Å²) in [6.45, 7) is 8.83. The molecule has 1 aliphatic rings. The van der Waals surface area contributed by atoms with Crippen LogP contribution < -0.4 is 10.6 Å². The van der Waals surface area contributed by atoms with Crippen molar-refractivity contribution in [3.8, 4) is 0 Å². The molecule has 1 aromatic rings. The SMILES string of the molecule is Cc1cccc(NCCC2CN(C)CCN2)c1C. The van der Waals surface area contributed by atoms with Crippen LogP contribution in [0.5, 0.6) is 0 Å². The van der Waals surface area contributed by atoms with E-state index in [9.17, 15) is 0 Å². The van der Waals surface area contributed by atoms with Crippen molar-refractivity contribution in [1.82, 2.24) is 10.2 Å². The van der Waals surface area contributed by atoms with Crippen LogP contribution in [0.4, 0.5) is 5.69 Å². The second-order valence-electron chi connectivity index (χ2n) is 5.38. The minimum Gasteiger partial charge on any atom is -0.385 e. The topological polar surface area (TPSA) is 27.3 Å². The molecule has 0 aliphatic carbocycles. The highest BCUT2D eigenvalue weighted by Gasteiger charge is 2.15. The van der Waals surface area contributed by atoms with E-state index in [0.717, 1.165) is 19.6 Å². The summed E-state index contributed by atoms with van der Waals surface area (Å²) in [5.74, 6) is 0. The van der Waals surface area contributed by atoms with E-state index in [-0.39, 0.29) is 0 Å². The van der Waals surface area contributed by atoms with E-state index in [1.807, 2.05) is 0 Å². The lowest BCUT2D eigenvalue weighted by molar-refractivity contribution is 0.234. The van der Waals surface area contributed by atoms with E-state index in [1.165, 1.54) is 29.8 Å². The zero-order chi connectivity index (χ0) is 13.0. The molecule has 0 aromatic heterocycles. The van der Waals surface area contributed by atoms with Gasteiger partial charge in [0.15, 0.2) is 0 Å². The van der Waals surface area contributed by atoms with E-state index in [2.05, 4.69) is 54.6 Å².